The normalized spacial score (nSPS) is 18.8. The standard InChI is InChI=1S/C12H17N3O3S2/c1-7-11(12(17)18)20-10(15-7)5-14-9(16)4-8-6-19-3-2-13-8/h8,13H,2-6H2,1H3,(H,14,16)(H,17,18). The Labute approximate surface area is 125 Å². The number of nitrogens with one attached hydrogen (secondary N) is 2. The highest BCUT2D eigenvalue weighted by molar-refractivity contribution is 7.99. The van der Waals surface area contributed by atoms with Crippen molar-refractivity contribution in [1.82, 2.24) is 15.6 Å². The number of carbonyl (C=O) groups is 2. The van der Waals surface area contributed by atoms with E-state index in [0.29, 0.717) is 17.1 Å². The van der Waals surface area contributed by atoms with Crippen LogP contribution in [-0.2, 0) is 11.3 Å². The van der Waals surface area contributed by atoms with E-state index < -0.39 is 5.97 Å². The second-order valence-electron chi connectivity index (χ2n) is 4.53. The van der Waals surface area contributed by atoms with Gasteiger partial charge in [-0.15, -0.1) is 11.3 Å². The molecule has 0 saturated carbocycles. The Balaban J connectivity index is 1.80. The number of carboxylic acid groups (broad SMARTS) is 1. The molecule has 1 unspecified atom stereocenters. The fourth-order valence-electron chi connectivity index (χ4n) is 1.95. The molecule has 110 valence electrons. The molecular formula is C12H17N3O3S2. The van der Waals surface area contributed by atoms with E-state index in [0.717, 1.165) is 29.4 Å². The van der Waals surface area contributed by atoms with Gasteiger partial charge in [-0.3, -0.25) is 4.79 Å². The largest absolute Gasteiger partial charge is 0.477 e. The number of thiazole rings is 1. The third-order valence-corrected chi connectivity index (χ3v) is 5.18. The number of rotatable bonds is 5. The van der Waals surface area contributed by atoms with E-state index in [9.17, 15) is 9.59 Å². The molecule has 3 N–H and O–H groups in total. The van der Waals surface area contributed by atoms with Gasteiger partial charge in [0.1, 0.15) is 9.88 Å². The van der Waals surface area contributed by atoms with Crippen LogP contribution in [0.1, 0.15) is 26.8 Å². The van der Waals surface area contributed by atoms with Gasteiger partial charge in [-0.05, 0) is 6.92 Å². The molecule has 1 aromatic rings. The van der Waals surface area contributed by atoms with Gasteiger partial charge in [0.05, 0.1) is 12.2 Å². The molecule has 1 saturated heterocycles. The lowest BCUT2D eigenvalue weighted by Gasteiger charge is -2.22. The van der Waals surface area contributed by atoms with Crippen molar-refractivity contribution in [2.24, 2.45) is 0 Å². The molecular weight excluding hydrogens is 298 g/mol. The Morgan fingerprint density at radius 2 is 2.35 bits per heavy atom. The molecule has 0 spiro atoms. The van der Waals surface area contributed by atoms with Gasteiger partial charge in [-0.25, -0.2) is 9.78 Å². The Morgan fingerprint density at radius 1 is 1.55 bits per heavy atom. The summed E-state index contributed by atoms with van der Waals surface area (Å²) >= 11 is 2.96. The average molecular weight is 315 g/mol. The van der Waals surface area contributed by atoms with Crippen LogP contribution >= 0.6 is 23.1 Å². The summed E-state index contributed by atoms with van der Waals surface area (Å²) < 4.78 is 0. The first-order valence-electron chi connectivity index (χ1n) is 6.33. The average Bonchev–Trinajstić information content (AvgIpc) is 2.79. The molecule has 1 aliphatic heterocycles. The van der Waals surface area contributed by atoms with Crippen molar-refractivity contribution in [3.8, 4) is 0 Å². The molecule has 2 rings (SSSR count). The van der Waals surface area contributed by atoms with Crippen LogP contribution in [0.15, 0.2) is 0 Å². The molecule has 1 aliphatic rings. The number of thioether (sulfide) groups is 1. The lowest BCUT2D eigenvalue weighted by molar-refractivity contribution is -0.121. The molecule has 8 heteroatoms. The fraction of sp³-hybridized carbons (Fsp3) is 0.583. The summed E-state index contributed by atoms with van der Waals surface area (Å²) in [6.45, 7) is 2.89. The Morgan fingerprint density at radius 3 is 2.95 bits per heavy atom. The van der Waals surface area contributed by atoms with Gasteiger partial charge in [0.15, 0.2) is 0 Å². The van der Waals surface area contributed by atoms with E-state index in [1.165, 1.54) is 0 Å². The first-order valence-corrected chi connectivity index (χ1v) is 8.31. The van der Waals surface area contributed by atoms with Gasteiger partial charge in [-0.1, -0.05) is 0 Å². The summed E-state index contributed by atoms with van der Waals surface area (Å²) in [6.07, 6.45) is 0.448. The van der Waals surface area contributed by atoms with Crippen LogP contribution in [0.3, 0.4) is 0 Å². The van der Waals surface area contributed by atoms with Crippen LogP contribution in [0.25, 0.3) is 0 Å². The van der Waals surface area contributed by atoms with Crippen molar-refractivity contribution < 1.29 is 14.7 Å². The maximum absolute atomic E-state index is 11.8. The molecule has 0 bridgehead atoms. The Hall–Kier alpha value is -1.12. The van der Waals surface area contributed by atoms with Crippen LogP contribution in [0, 0.1) is 6.92 Å². The van der Waals surface area contributed by atoms with E-state index in [2.05, 4.69) is 15.6 Å². The molecule has 1 atom stereocenters. The highest BCUT2D eigenvalue weighted by Gasteiger charge is 2.18. The van der Waals surface area contributed by atoms with Crippen molar-refractivity contribution >= 4 is 35.0 Å². The van der Waals surface area contributed by atoms with Crippen LogP contribution in [0.4, 0.5) is 0 Å². The maximum atomic E-state index is 11.8. The topological polar surface area (TPSA) is 91.3 Å². The summed E-state index contributed by atoms with van der Waals surface area (Å²) in [6, 6.07) is 0.223. The first-order chi connectivity index (χ1) is 9.56. The number of carboxylic acids is 1. The predicted molar refractivity (Wildman–Crippen MR) is 79.4 cm³/mol. The van der Waals surface area contributed by atoms with Gasteiger partial charge in [-0.2, -0.15) is 11.8 Å². The van der Waals surface area contributed by atoms with Crippen LogP contribution in [0.2, 0.25) is 0 Å². The number of aryl methyl sites for hydroxylation is 1. The lowest BCUT2D eigenvalue weighted by atomic mass is 10.2. The lowest BCUT2D eigenvalue weighted by Crippen LogP contribution is -2.41. The van der Waals surface area contributed by atoms with E-state index in [1.807, 2.05) is 11.8 Å². The highest BCUT2D eigenvalue weighted by Crippen LogP contribution is 2.17. The van der Waals surface area contributed by atoms with Gasteiger partial charge >= 0.3 is 5.97 Å². The third kappa shape index (κ3) is 4.19. The SMILES string of the molecule is Cc1nc(CNC(=O)CC2CSCCN2)sc1C(=O)O. The number of amides is 1. The number of hydrogen-bond donors (Lipinski definition) is 3. The second-order valence-corrected chi connectivity index (χ2v) is 6.77. The summed E-state index contributed by atoms with van der Waals surface area (Å²) in [5, 5.41) is 15.7. The second kappa shape index (κ2) is 7.05. The molecule has 1 aromatic heterocycles. The van der Waals surface area contributed by atoms with Crippen molar-refractivity contribution in [3.63, 3.8) is 0 Å². The maximum Gasteiger partial charge on any atom is 0.347 e. The van der Waals surface area contributed by atoms with Crippen LogP contribution in [-0.4, -0.2) is 46.1 Å². The summed E-state index contributed by atoms with van der Waals surface area (Å²) in [4.78, 5) is 27.1. The fourth-order valence-corrected chi connectivity index (χ4v) is 3.74. The van der Waals surface area contributed by atoms with Crippen molar-refractivity contribution in [1.29, 1.82) is 0 Å². The minimum atomic E-state index is -0.971. The first kappa shape index (κ1) is 15.3. The summed E-state index contributed by atoms with van der Waals surface area (Å²) in [7, 11) is 0. The third-order valence-electron chi connectivity index (χ3n) is 2.90. The van der Waals surface area contributed by atoms with Crippen molar-refractivity contribution in [3.05, 3.63) is 15.6 Å². The van der Waals surface area contributed by atoms with Gasteiger partial charge < -0.3 is 15.7 Å². The number of carbonyl (C=O) groups excluding carboxylic acids is 1. The van der Waals surface area contributed by atoms with E-state index in [4.69, 9.17) is 5.11 Å². The molecule has 2 heterocycles. The smallest absolute Gasteiger partial charge is 0.347 e. The number of aromatic nitrogens is 1. The molecule has 0 radical (unpaired) electrons. The zero-order valence-electron chi connectivity index (χ0n) is 11.1. The molecule has 6 nitrogen and oxygen atoms in total. The van der Waals surface area contributed by atoms with Gasteiger partial charge in [0.2, 0.25) is 5.91 Å². The summed E-state index contributed by atoms with van der Waals surface area (Å²) in [5.41, 5.74) is 0.497. The molecule has 1 amide bonds. The van der Waals surface area contributed by atoms with E-state index in [1.54, 1.807) is 6.92 Å². The van der Waals surface area contributed by atoms with Crippen molar-refractivity contribution in [2.45, 2.75) is 25.9 Å². The van der Waals surface area contributed by atoms with Gasteiger partial charge in [0, 0.05) is 30.5 Å². The molecule has 20 heavy (non-hydrogen) atoms. The Bertz CT molecular complexity index is 498. The zero-order valence-corrected chi connectivity index (χ0v) is 12.8. The van der Waals surface area contributed by atoms with Crippen LogP contribution in [0.5, 0.6) is 0 Å². The predicted octanol–water partition coefficient (Wildman–Crippen LogP) is 0.861. The van der Waals surface area contributed by atoms with Gasteiger partial charge in [0.25, 0.3) is 0 Å². The van der Waals surface area contributed by atoms with Crippen molar-refractivity contribution in [2.75, 3.05) is 18.1 Å². The molecule has 0 aromatic carbocycles. The minimum absolute atomic E-state index is 0.0327. The molecule has 1 fully saturated rings. The summed E-state index contributed by atoms with van der Waals surface area (Å²) in [5.74, 6) is 1.04. The monoisotopic (exact) mass is 315 g/mol. The number of hydrogen-bond acceptors (Lipinski definition) is 6. The van der Waals surface area contributed by atoms with E-state index >= 15 is 0 Å². The zero-order chi connectivity index (χ0) is 14.5. The molecule has 0 aliphatic carbocycles. The number of aromatic carboxylic acids is 1. The van der Waals surface area contributed by atoms with E-state index in [-0.39, 0.29) is 23.4 Å². The van der Waals surface area contributed by atoms with Crippen LogP contribution < -0.4 is 10.6 Å². The highest BCUT2D eigenvalue weighted by atomic mass is 32.2. The number of nitrogens with zero attached hydrogens (tertiary/aromatic N) is 1. The quantitative estimate of drug-likeness (QED) is 0.746. The Kier molecular flexibility index (Phi) is 5.38. The minimum Gasteiger partial charge on any atom is -0.477 e.